The van der Waals surface area contributed by atoms with Gasteiger partial charge in [-0.1, -0.05) is 42.5 Å². The lowest BCUT2D eigenvalue weighted by Crippen LogP contribution is -2.27. The lowest BCUT2D eigenvalue weighted by Gasteiger charge is -2.13. The van der Waals surface area contributed by atoms with Gasteiger partial charge in [0.1, 0.15) is 11.6 Å². The molecule has 0 aliphatic carbocycles. The fourth-order valence-electron chi connectivity index (χ4n) is 2.11. The summed E-state index contributed by atoms with van der Waals surface area (Å²) in [6, 6.07) is 20.0. The summed E-state index contributed by atoms with van der Waals surface area (Å²) in [4.78, 5) is 12.2. The van der Waals surface area contributed by atoms with Crippen molar-refractivity contribution < 1.29 is 4.79 Å². The predicted molar refractivity (Wildman–Crippen MR) is 87.7 cm³/mol. The average molecular weight is 301 g/mol. The Balaban J connectivity index is 2.17. The van der Waals surface area contributed by atoms with Crippen molar-refractivity contribution in [2.45, 2.75) is 13.0 Å². The second kappa shape index (κ2) is 7.59. The summed E-state index contributed by atoms with van der Waals surface area (Å²) < 4.78 is 0. The Bertz CT molecular complexity index is 810. The molecule has 2 rings (SSSR count). The van der Waals surface area contributed by atoms with Crippen LogP contribution in [0.2, 0.25) is 0 Å². The van der Waals surface area contributed by atoms with Crippen LogP contribution in [-0.4, -0.2) is 5.91 Å². The molecule has 0 heterocycles. The summed E-state index contributed by atoms with van der Waals surface area (Å²) in [7, 11) is 0. The number of nitriles is 2. The number of rotatable bonds is 4. The number of amides is 1. The molecule has 112 valence electrons. The van der Waals surface area contributed by atoms with Crippen molar-refractivity contribution in [3.8, 4) is 12.1 Å². The van der Waals surface area contributed by atoms with Crippen molar-refractivity contribution in [3.63, 3.8) is 0 Å². The van der Waals surface area contributed by atoms with E-state index in [1.807, 2.05) is 49.4 Å². The fourth-order valence-corrected chi connectivity index (χ4v) is 2.11. The predicted octanol–water partition coefficient (Wildman–Crippen LogP) is 3.34. The molecule has 0 bridgehead atoms. The molecule has 0 fully saturated rings. The lowest BCUT2D eigenvalue weighted by molar-refractivity contribution is -0.117. The van der Waals surface area contributed by atoms with Gasteiger partial charge >= 0.3 is 0 Å². The van der Waals surface area contributed by atoms with E-state index in [1.165, 1.54) is 6.08 Å². The molecule has 23 heavy (non-hydrogen) atoms. The third-order valence-electron chi connectivity index (χ3n) is 3.34. The van der Waals surface area contributed by atoms with Crippen molar-refractivity contribution in [1.82, 2.24) is 5.32 Å². The molecule has 1 amide bonds. The summed E-state index contributed by atoms with van der Waals surface area (Å²) >= 11 is 0. The average Bonchev–Trinajstić information content (AvgIpc) is 2.60. The second-order valence-corrected chi connectivity index (χ2v) is 5.01. The van der Waals surface area contributed by atoms with Crippen LogP contribution >= 0.6 is 0 Å². The highest BCUT2D eigenvalue weighted by Gasteiger charge is 2.13. The summed E-state index contributed by atoms with van der Waals surface area (Å²) in [5.74, 6) is -0.439. The Morgan fingerprint density at radius 3 is 2.52 bits per heavy atom. The lowest BCUT2D eigenvalue weighted by atomic mass is 10.1. The van der Waals surface area contributed by atoms with E-state index in [1.54, 1.807) is 24.3 Å². The van der Waals surface area contributed by atoms with Crippen LogP contribution in [-0.2, 0) is 4.79 Å². The van der Waals surface area contributed by atoms with E-state index in [2.05, 4.69) is 5.32 Å². The SMILES string of the molecule is CC(NC(=O)/C(C#N)=C/c1cccc(C#N)c1)c1ccccc1. The van der Waals surface area contributed by atoms with Crippen LogP contribution in [0.25, 0.3) is 6.08 Å². The van der Waals surface area contributed by atoms with Crippen LogP contribution in [0.4, 0.5) is 0 Å². The van der Waals surface area contributed by atoms with Gasteiger partial charge in [-0.15, -0.1) is 0 Å². The molecule has 0 radical (unpaired) electrons. The number of nitrogens with zero attached hydrogens (tertiary/aromatic N) is 2. The van der Waals surface area contributed by atoms with E-state index in [0.29, 0.717) is 11.1 Å². The highest BCUT2D eigenvalue weighted by Crippen LogP contribution is 2.14. The maximum atomic E-state index is 12.2. The minimum Gasteiger partial charge on any atom is -0.345 e. The summed E-state index contributed by atoms with van der Waals surface area (Å²) in [6.07, 6.45) is 1.48. The van der Waals surface area contributed by atoms with Crippen molar-refractivity contribution in [2.24, 2.45) is 0 Å². The van der Waals surface area contributed by atoms with Crippen molar-refractivity contribution >= 4 is 12.0 Å². The van der Waals surface area contributed by atoms with E-state index in [4.69, 9.17) is 5.26 Å². The zero-order valence-corrected chi connectivity index (χ0v) is 12.7. The summed E-state index contributed by atoms with van der Waals surface area (Å²) in [5, 5.41) is 20.9. The van der Waals surface area contributed by atoms with Crippen molar-refractivity contribution in [1.29, 1.82) is 10.5 Å². The summed E-state index contributed by atoms with van der Waals surface area (Å²) in [6.45, 7) is 1.86. The first-order valence-corrected chi connectivity index (χ1v) is 7.12. The molecular weight excluding hydrogens is 286 g/mol. The topological polar surface area (TPSA) is 76.7 Å². The second-order valence-electron chi connectivity index (χ2n) is 5.01. The van der Waals surface area contributed by atoms with E-state index in [0.717, 1.165) is 5.56 Å². The van der Waals surface area contributed by atoms with Crippen molar-refractivity contribution in [3.05, 3.63) is 76.9 Å². The van der Waals surface area contributed by atoms with Crippen LogP contribution in [0.5, 0.6) is 0 Å². The van der Waals surface area contributed by atoms with Gasteiger partial charge in [-0.05, 0) is 36.3 Å². The number of nitrogens with one attached hydrogen (secondary N) is 1. The first-order valence-electron chi connectivity index (χ1n) is 7.12. The smallest absolute Gasteiger partial charge is 0.262 e. The molecule has 4 nitrogen and oxygen atoms in total. The Morgan fingerprint density at radius 1 is 1.13 bits per heavy atom. The fraction of sp³-hybridized carbons (Fsp3) is 0.105. The molecule has 1 atom stereocenters. The Labute approximate surface area is 135 Å². The normalized spacial score (nSPS) is 11.9. The standard InChI is InChI=1S/C19H15N3O/c1-14(17-8-3-2-4-9-17)22-19(23)18(13-21)11-15-6-5-7-16(10-15)12-20/h2-11,14H,1H3,(H,22,23)/b18-11+. The van der Waals surface area contributed by atoms with Crippen molar-refractivity contribution in [2.75, 3.05) is 0 Å². The maximum absolute atomic E-state index is 12.2. The van der Waals surface area contributed by atoms with Gasteiger partial charge < -0.3 is 5.32 Å². The van der Waals surface area contributed by atoms with Crippen LogP contribution in [0.3, 0.4) is 0 Å². The highest BCUT2D eigenvalue weighted by atomic mass is 16.1. The minimum absolute atomic E-state index is 0.00266. The minimum atomic E-state index is -0.439. The third kappa shape index (κ3) is 4.30. The van der Waals surface area contributed by atoms with Gasteiger partial charge in [-0.25, -0.2) is 0 Å². The first-order chi connectivity index (χ1) is 11.1. The first kappa shape index (κ1) is 16.0. The Morgan fingerprint density at radius 2 is 1.87 bits per heavy atom. The molecule has 0 aromatic heterocycles. The van der Waals surface area contributed by atoms with E-state index in [-0.39, 0.29) is 11.6 Å². The Hall–Kier alpha value is -3.37. The molecule has 0 saturated carbocycles. The number of benzene rings is 2. The molecule has 0 aliphatic heterocycles. The Kier molecular flexibility index (Phi) is 5.28. The maximum Gasteiger partial charge on any atom is 0.262 e. The quantitative estimate of drug-likeness (QED) is 0.695. The van der Waals surface area contributed by atoms with Crippen LogP contribution in [0.15, 0.2) is 60.2 Å². The van der Waals surface area contributed by atoms with Gasteiger partial charge in [0, 0.05) is 0 Å². The molecule has 1 unspecified atom stereocenters. The monoisotopic (exact) mass is 301 g/mol. The molecule has 1 N–H and O–H groups in total. The van der Waals surface area contributed by atoms with Gasteiger partial charge in [0.25, 0.3) is 5.91 Å². The number of hydrogen-bond donors (Lipinski definition) is 1. The molecule has 0 spiro atoms. The van der Waals surface area contributed by atoms with Gasteiger partial charge in [0.05, 0.1) is 17.7 Å². The molecule has 2 aromatic rings. The molecule has 0 aliphatic rings. The van der Waals surface area contributed by atoms with E-state index in [9.17, 15) is 10.1 Å². The largest absolute Gasteiger partial charge is 0.345 e. The summed E-state index contributed by atoms with van der Waals surface area (Å²) in [5.41, 5.74) is 2.09. The number of hydrogen-bond acceptors (Lipinski definition) is 3. The zero-order valence-electron chi connectivity index (χ0n) is 12.7. The van der Waals surface area contributed by atoms with Gasteiger partial charge in [-0.2, -0.15) is 10.5 Å². The molecule has 2 aromatic carbocycles. The van der Waals surface area contributed by atoms with Crippen LogP contribution < -0.4 is 5.32 Å². The zero-order chi connectivity index (χ0) is 16.7. The molecule has 4 heteroatoms. The van der Waals surface area contributed by atoms with E-state index < -0.39 is 5.91 Å². The van der Waals surface area contributed by atoms with Crippen LogP contribution in [0.1, 0.15) is 29.7 Å². The molecule has 0 saturated heterocycles. The number of carbonyl (C=O) groups is 1. The number of carbonyl (C=O) groups excluding carboxylic acids is 1. The molecular formula is C19H15N3O. The highest BCUT2D eigenvalue weighted by molar-refractivity contribution is 6.01. The van der Waals surface area contributed by atoms with Crippen LogP contribution in [0, 0.1) is 22.7 Å². The van der Waals surface area contributed by atoms with Gasteiger partial charge in [0.2, 0.25) is 0 Å². The van der Waals surface area contributed by atoms with Gasteiger partial charge in [-0.3, -0.25) is 4.79 Å². The van der Waals surface area contributed by atoms with E-state index >= 15 is 0 Å². The third-order valence-corrected chi connectivity index (χ3v) is 3.34. The van der Waals surface area contributed by atoms with Gasteiger partial charge in [0.15, 0.2) is 0 Å².